The van der Waals surface area contributed by atoms with Crippen molar-refractivity contribution in [3.8, 4) is 0 Å². The zero-order valence-electron chi connectivity index (χ0n) is 15.7. The van der Waals surface area contributed by atoms with Crippen LogP contribution in [-0.4, -0.2) is 40.5 Å². The number of aliphatic carboxylic acids is 2. The van der Waals surface area contributed by atoms with Gasteiger partial charge in [-0.05, 0) is 19.4 Å². The molecule has 0 aromatic heterocycles. The van der Waals surface area contributed by atoms with Gasteiger partial charge in [0.2, 0.25) is 0 Å². The van der Waals surface area contributed by atoms with E-state index in [1.165, 1.54) is 0 Å². The Kier molecular flexibility index (Phi) is 6.42. The van der Waals surface area contributed by atoms with Gasteiger partial charge in [-0.15, -0.1) is 0 Å². The Bertz CT molecular complexity index is 626. The van der Waals surface area contributed by atoms with Crippen LogP contribution in [0.4, 0.5) is 0 Å². The first-order valence-corrected chi connectivity index (χ1v) is 8.90. The maximum Gasteiger partial charge on any atom is 0.311 e. The third-order valence-corrected chi connectivity index (χ3v) is 5.35. The topological polar surface area (TPSA) is 93.1 Å². The summed E-state index contributed by atoms with van der Waals surface area (Å²) in [5, 5.41) is 18.8. The van der Waals surface area contributed by atoms with Crippen molar-refractivity contribution in [2.24, 2.45) is 17.3 Å². The first-order valence-electron chi connectivity index (χ1n) is 8.90. The third-order valence-electron chi connectivity index (χ3n) is 5.35. The normalized spacial score (nSPS) is 29.3. The number of carbonyl (C=O) groups is 2. The Hall–Kier alpha value is -1.92. The predicted molar refractivity (Wildman–Crippen MR) is 95.7 cm³/mol. The number of hydrogen-bond acceptors (Lipinski definition) is 4. The molecule has 0 spiro atoms. The molecule has 6 heteroatoms. The molecule has 2 rings (SSSR count). The first kappa shape index (κ1) is 20.4. The molecule has 1 aromatic carbocycles. The lowest BCUT2D eigenvalue weighted by atomic mass is 9.72. The number of carboxylic acid groups (broad SMARTS) is 2. The summed E-state index contributed by atoms with van der Waals surface area (Å²) >= 11 is 0. The minimum Gasteiger partial charge on any atom is -0.481 e. The van der Waals surface area contributed by atoms with Crippen LogP contribution >= 0.6 is 0 Å². The second kappa shape index (κ2) is 8.18. The van der Waals surface area contributed by atoms with Gasteiger partial charge in [-0.25, -0.2) is 0 Å². The highest BCUT2D eigenvalue weighted by atomic mass is 16.5. The van der Waals surface area contributed by atoms with Crippen molar-refractivity contribution in [2.45, 2.75) is 59.0 Å². The summed E-state index contributed by atoms with van der Waals surface area (Å²) in [5.41, 5.74) is -0.132. The van der Waals surface area contributed by atoms with E-state index in [2.05, 4.69) is 0 Å². The average molecular weight is 364 g/mol. The molecule has 1 aliphatic rings. The van der Waals surface area contributed by atoms with Crippen LogP contribution in [0.5, 0.6) is 0 Å². The molecule has 0 aliphatic carbocycles. The van der Waals surface area contributed by atoms with Gasteiger partial charge < -0.3 is 19.7 Å². The lowest BCUT2D eigenvalue weighted by molar-refractivity contribution is -0.220. The molecular formula is C20H28O6. The molecule has 1 heterocycles. The summed E-state index contributed by atoms with van der Waals surface area (Å²) < 4.78 is 12.1. The number of rotatable bonds is 7. The first-order chi connectivity index (χ1) is 12.1. The van der Waals surface area contributed by atoms with Gasteiger partial charge in [0.15, 0.2) is 0 Å². The highest BCUT2D eigenvalue weighted by Gasteiger charge is 2.51. The van der Waals surface area contributed by atoms with Crippen LogP contribution in [0.2, 0.25) is 0 Å². The Labute approximate surface area is 154 Å². The average Bonchev–Trinajstić information content (AvgIpc) is 2.57. The Balaban J connectivity index is 2.24. The summed E-state index contributed by atoms with van der Waals surface area (Å²) in [5.74, 6) is -2.29. The SMILES string of the molecule is C[C@@H]1[C@H](OCc2ccccc2)[C@@H](C)[C@@H](C(C)(C)C(=O)O)O[C@@H]1CC(=O)O. The highest BCUT2D eigenvalue weighted by Crippen LogP contribution is 2.41. The van der Waals surface area contributed by atoms with E-state index < -0.39 is 29.6 Å². The molecule has 1 saturated heterocycles. The van der Waals surface area contributed by atoms with E-state index in [0.717, 1.165) is 5.56 Å². The number of hydrogen-bond donors (Lipinski definition) is 2. The van der Waals surface area contributed by atoms with Crippen molar-refractivity contribution in [3.05, 3.63) is 35.9 Å². The van der Waals surface area contributed by atoms with Gasteiger partial charge in [-0.2, -0.15) is 0 Å². The summed E-state index contributed by atoms with van der Waals surface area (Å²) in [6, 6.07) is 9.71. The smallest absolute Gasteiger partial charge is 0.311 e. The lowest BCUT2D eigenvalue weighted by Gasteiger charge is -2.48. The number of benzene rings is 1. The fraction of sp³-hybridized carbons (Fsp3) is 0.600. The number of ether oxygens (including phenoxy) is 2. The maximum absolute atomic E-state index is 11.7. The van der Waals surface area contributed by atoms with Gasteiger partial charge in [0.25, 0.3) is 0 Å². The molecule has 6 nitrogen and oxygen atoms in total. The van der Waals surface area contributed by atoms with Crippen molar-refractivity contribution in [1.29, 1.82) is 0 Å². The van der Waals surface area contributed by atoms with Crippen LogP contribution in [0.3, 0.4) is 0 Å². The summed E-state index contributed by atoms with van der Waals surface area (Å²) in [6.45, 7) is 7.43. The van der Waals surface area contributed by atoms with E-state index in [4.69, 9.17) is 9.47 Å². The number of carboxylic acids is 2. The standard InChI is InChI=1S/C20H28O6/c1-12-15(10-16(21)22)26-18(20(3,4)19(23)24)13(2)17(12)25-11-14-8-6-5-7-9-14/h5-9,12-13,15,17-18H,10-11H2,1-4H3,(H,21,22)(H,23,24)/t12-,13+,15+,17-,18-/m0/s1. The Morgan fingerprint density at radius 2 is 1.73 bits per heavy atom. The van der Waals surface area contributed by atoms with Crippen molar-refractivity contribution in [3.63, 3.8) is 0 Å². The summed E-state index contributed by atoms with van der Waals surface area (Å²) in [4.78, 5) is 23.0. The quantitative estimate of drug-likeness (QED) is 0.772. The predicted octanol–water partition coefficient (Wildman–Crippen LogP) is 3.20. The van der Waals surface area contributed by atoms with Crippen LogP contribution in [0.15, 0.2) is 30.3 Å². The van der Waals surface area contributed by atoms with Crippen LogP contribution in [0.1, 0.15) is 39.7 Å². The van der Waals surface area contributed by atoms with Gasteiger partial charge in [-0.1, -0.05) is 44.2 Å². The maximum atomic E-state index is 11.7. The van der Waals surface area contributed by atoms with Crippen LogP contribution in [0, 0.1) is 17.3 Å². The van der Waals surface area contributed by atoms with E-state index in [0.29, 0.717) is 6.61 Å². The van der Waals surface area contributed by atoms with Crippen molar-refractivity contribution in [1.82, 2.24) is 0 Å². The van der Waals surface area contributed by atoms with Crippen LogP contribution in [0.25, 0.3) is 0 Å². The minimum absolute atomic E-state index is 0.161. The monoisotopic (exact) mass is 364 g/mol. The van der Waals surface area contributed by atoms with Gasteiger partial charge in [-0.3, -0.25) is 9.59 Å². The largest absolute Gasteiger partial charge is 0.481 e. The fourth-order valence-electron chi connectivity index (χ4n) is 3.72. The molecule has 5 atom stereocenters. The zero-order valence-corrected chi connectivity index (χ0v) is 15.7. The molecule has 144 valence electrons. The lowest BCUT2D eigenvalue weighted by Crippen LogP contribution is -2.56. The molecule has 1 aliphatic heterocycles. The van der Waals surface area contributed by atoms with Gasteiger partial charge >= 0.3 is 11.9 Å². The van der Waals surface area contributed by atoms with Gasteiger partial charge in [0, 0.05) is 11.8 Å². The molecule has 1 fully saturated rings. The van der Waals surface area contributed by atoms with E-state index in [9.17, 15) is 19.8 Å². The molecular weight excluding hydrogens is 336 g/mol. The molecule has 0 radical (unpaired) electrons. The van der Waals surface area contributed by atoms with Gasteiger partial charge in [0.1, 0.15) is 0 Å². The second-order valence-corrected chi connectivity index (χ2v) is 7.70. The van der Waals surface area contributed by atoms with E-state index in [1.807, 2.05) is 44.2 Å². The molecule has 0 bridgehead atoms. The third kappa shape index (κ3) is 4.43. The second-order valence-electron chi connectivity index (χ2n) is 7.70. The highest BCUT2D eigenvalue weighted by molar-refractivity contribution is 5.74. The van der Waals surface area contributed by atoms with Crippen molar-refractivity contribution >= 4 is 11.9 Å². The molecule has 0 saturated carbocycles. The molecule has 2 N–H and O–H groups in total. The van der Waals surface area contributed by atoms with Crippen molar-refractivity contribution < 1.29 is 29.3 Å². The van der Waals surface area contributed by atoms with E-state index in [1.54, 1.807) is 13.8 Å². The summed E-state index contributed by atoms with van der Waals surface area (Å²) in [7, 11) is 0. The van der Waals surface area contributed by atoms with Crippen LogP contribution < -0.4 is 0 Å². The molecule has 1 aromatic rings. The fourth-order valence-corrected chi connectivity index (χ4v) is 3.72. The Morgan fingerprint density at radius 1 is 1.12 bits per heavy atom. The Morgan fingerprint density at radius 3 is 2.27 bits per heavy atom. The van der Waals surface area contributed by atoms with Crippen molar-refractivity contribution in [2.75, 3.05) is 0 Å². The van der Waals surface area contributed by atoms with E-state index in [-0.39, 0.29) is 24.4 Å². The molecule has 26 heavy (non-hydrogen) atoms. The minimum atomic E-state index is -1.15. The summed E-state index contributed by atoms with van der Waals surface area (Å²) in [6.07, 6.45) is -1.70. The molecule has 0 unspecified atom stereocenters. The molecule has 0 amide bonds. The van der Waals surface area contributed by atoms with E-state index >= 15 is 0 Å². The zero-order chi connectivity index (χ0) is 19.5. The van der Waals surface area contributed by atoms with Gasteiger partial charge in [0.05, 0.1) is 36.8 Å². The van der Waals surface area contributed by atoms with Crippen LogP contribution in [-0.2, 0) is 25.7 Å².